The molecule has 33 heavy (non-hydrogen) atoms. The molecule has 2 heterocycles. The Balaban J connectivity index is 1.48. The van der Waals surface area contributed by atoms with E-state index in [4.69, 9.17) is 4.98 Å². The molecule has 0 saturated carbocycles. The van der Waals surface area contributed by atoms with Crippen LogP contribution in [0.3, 0.4) is 0 Å². The zero-order valence-corrected chi connectivity index (χ0v) is 20.7. The van der Waals surface area contributed by atoms with Crippen molar-refractivity contribution in [1.82, 2.24) is 15.0 Å². The van der Waals surface area contributed by atoms with Crippen LogP contribution in [0.25, 0.3) is 22.6 Å². The van der Waals surface area contributed by atoms with E-state index in [0.29, 0.717) is 0 Å². The number of benzene rings is 1. The summed E-state index contributed by atoms with van der Waals surface area (Å²) in [7, 11) is 0. The number of hydrogen-bond acceptors (Lipinski definition) is 3. The highest BCUT2D eigenvalue weighted by molar-refractivity contribution is 5.65. The number of hydrogen-bond donors (Lipinski definition) is 0. The third-order valence-electron chi connectivity index (χ3n) is 6.36. The lowest BCUT2D eigenvalue weighted by molar-refractivity contribution is 0.607. The van der Waals surface area contributed by atoms with E-state index in [1.165, 1.54) is 81.8 Å². The minimum atomic E-state index is 0.791. The molecule has 0 amide bonds. The highest BCUT2D eigenvalue weighted by Crippen LogP contribution is 2.22. The zero-order valence-electron chi connectivity index (χ0n) is 20.7. The zero-order chi connectivity index (χ0) is 23.1. The minimum absolute atomic E-state index is 0.791. The molecule has 3 aromatic rings. The fourth-order valence-electron chi connectivity index (χ4n) is 4.21. The summed E-state index contributed by atoms with van der Waals surface area (Å²) in [4.78, 5) is 13.9. The Kier molecular flexibility index (Phi) is 11.1. The molecule has 0 spiro atoms. The van der Waals surface area contributed by atoms with Gasteiger partial charge in [0.05, 0.1) is 5.69 Å². The van der Waals surface area contributed by atoms with Crippen LogP contribution in [0.1, 0.15) is 95.6 Å². The van der Waals surface area contributed by atoms with Crippen LogP contribution in [0.15, 0.2) is 55.0 Å². The molecule has 0 unspecified atom stereocenters. The first-order chi connectivity index (χ1) is 16.3. The molecular formula is C30H41N3. The van der Waals surface area contributed by atoms with Gasteiger partial charge in [-0.1, -0.05) is 102 Å². The summed E-state index contributed by atoms with van der Waals surface area (Å²) in [6.45, 7) is 4.52. The second-order valence-electron chi connectivity index (χ2n) is 9.23. The molecule has 0 fully saturated rings. The van der Waals surface area contributed by atoms with Crippen LogP contribution < -0.4 is 0 Å². The van der Waals surface area contributed by atoms with Crippen molar-refractivity contribution in [2.75, 3.05) is 0 Å². The number of pyridine rings is 1. The molecule has 1 aromatic carbocycles. The Morgan fingerprint density at radius 1 is 0.485 bits per heavy atom. The van der Waals surface area contributed by atoms with Gasteiger partial charge in [0.25, 0.3) is 0 Å². The Morgan fingerprint density at radius 3 is 1.58 bits per heavy atom. The molecule has 2 aromatic heterocycles. The van der Waals surface area contributed by atoms with Crippen molar-refractivity contribution in [3.63, 3.8) is 0 Å². The maximum Gasteiger partial charge on any atom is 0.159 e. The first kappa shape index (κ1) is 25.1. The van der Waals surface area contributed by atoms with Crippen LogP contribution in [0.4, 0.5) is 0 Å². The molecule has 0 radical (unpaired) electrons. The van der Waals surface area contributed by atoms with Crippen LogP contribution >= 0.6 is 0 Å². The maximum atomic E-state index is 4.70. The quantitative estimate of drug-likeness (QED) is 0.221. The van der Waals surface area contributed by atoms with E-state index in [0.717, 1.165) is 35.5 Å². The van der Waals surface area contributed by atoms with Crippen molar-refractivity contribution in [3.05, 3.63) is 66.1 Å². The van der Waals surface area contributed by atoms with Crippen LogP contribution in [-0.2, 0) is 12.8 Å². The molecule has 0 N–H and O–H groups in total. The van der Waals surface area contributed by atoms with Gasteiger partial charge in [-0.05, 0) is 42.9 Å². The van der Waals surface area contributed by atoms with Crippen molar-refractivity contribution >= 4 is 0 Å². The standard InChI is InChI=1S/C30H41N3/c1-3-5-7-9-11-13-15-26-23-32-30(33-24-26)28-19-17-27(18-20-28)29-21-16-25(22-31-29)14-12-10-8-6-4-2/h16-24H,3-15H2,1-2H3. The third-order valence-corrected chi connectivity index (χ3v) is 6.36. The van der Waals surface area contributed by atoms with E-state index in [1.807, 2.05) is 18.6 Å². The van der Waals surface area contributed by atoms with Crippen molar-refractivity contribution < 1.29 is 0 Å². The maximum absolute atomic E-state index is 4.70. The minimum Gasteiger partial charge on any atom is -0.256 e. The number of unbranched alkanes of at least 4 members (excludes halogenated alkanes) is 9. The van der Waals surface area contributed by atoms with Crippen molar-refractivity contribution in [3.8, 4) is 22.6 Å². The van der Waals surface area contributed by atoms with Gasteiger partial charge >= 0.3 is 0 Å². The second-order valence-corrected chi connectivity index (χ2v) is 9.23. The van der Waals surface area contributed by atoms with Gasteiger partial charge in [0.1, 0.15) is 0 Å². The predicted molar refractivity (Wildman–Crippen MR) is 140 cm³/mol. The van der Waals surface area contributed by atoms with Gasteiger partial charge in [0.2, 0.25) is 0 Å². The molecule has 176 valence electrons. The smallest absolute Gasteiger partial charge is 0.159 e. The van der Waals surface area contributed by atoms with E-state index >= 15 is 0 Å². The topological polar surface area (TPSA) is 38.7 Å². The first-order valence-electron chi connectivity index (χ1n) is 13.2. The molecule has 3 heteroatoms. The number of aryl methyl sites for hydroxylation is 2. The number of aromatic nitrogens is 3. The molecule has 0 aliphatic carbocycles. The number of nitrogens with zero attached hydrogens (tertiary/aromatic N) is 3. The molecular weight excluding hydrogens is 402 g/mol. The average molecular weight is 444 g/mol. The summed E-state index contributed by atoms with van der Waals surface area (Å²) >= 11 is 0. The van der Waals surface area contributed by atoms with Crippen LogP contribution in [-0.4, -0.2) is 15.0 Å². The predicted octanol–water partition coefficient (Wildman–Crippen LogP) is 8.62. The Hall–Kier alpha value is -2.55. The summed E-state index contributed by atoms with van der Waals surface area (Å²) in [5.74, 6) is 0.791. The summed E-state index contributed by atoms with van der Waals surface area (Å²) in [6.07, 6.45) is 22.7. The van der Waals surface area contributed by atoms with Crippen LogP contribution in [0, 0.1) is 0 Å². The summed E-state index contributed by atoms with van der Waals surface area (Å²) in [5, 5.41) is 0. The average Bonchev–Trinajstić information content (AvgIpc) is 2.87. The van der Waals surface area contributed by atoms with Crippen LogP contribution in [0.2, 0.25) is 0 Å². The van der Waals surface area contributed by atoms with Crippen LogP contribution in [0.5, 0.6) is 0 Å². The summed E-state index contributed by atoms with van der Waals surface area (Å²) in [6, 6.07) is 12.8. The van der Waals surface area contributed by atoms with Crippen molar-refractivity contribution in [2.45, 2.75) is 97.3 Å². The number of rotatable bonds is 15. The van der Waals surface area contributed by atoms with Gasteiger partial charge in [-0.2, -0.15) is 0 Å². The molecule has 0 atom stereocenters. The summed E-state index contributed by atoms with van der Waals surface area (Å²) in [5.41, 5.74) is 5.77. The Labute approximate surface area is 201 Å². The lowest BCUT2D eigenvalue weighted by atomic mass is 10.0. The van der Waals surface area contributed by atoms with Gasteiger partial charge in [0, 0.05) is 29.7 Å². The molecule has 0 aliphatic heterocycles. The SMILES string of the molecule is CCCCCCCCc1cnc(-c2ccc(-c3ccc(CCCCCCC)cn3)cc2)nc1. The Bertz CT molecular complexity index is 899. The van der Waals surface area contributed by atoms with E-state index in [2.05, 4.69) is 60.2 Å². The molecule has 3 rings (SSSR count). The molecule has 0 aliphatic rings. The normalized spacial score (nSPS) is 11.1. The van der Waals surface area contributed by atoms with E-state index in [1.54, 1.807) is 0 Å². The van der Waals surface area contributed by atoms with Crippen molar-refractivity contribution in [1.29, 1.82) is 0 Å². The summed E-state index contributed by atoms with van der Waals surface area (Å²) < 4.78 is 0. The molecule has 3 nitrogen and oxygen atoms in total. The van der Waals surface area contributed by atoms with Crippen molar-refractivity contribution in [2.24, 2.45) is 0 Å². The molecule has 0 bridgehead atoms. The lowest BCUT2D eigenvalue weighted by Gasteiger charge is -2.06. The first-order valence-corrected chi connectivity index (χ1v) is 13.2. The second kappa shape index (κ2) is 14.6. The van der Waals surface area contributed by atoms with Gasteiger partial charge in [-0.25, -0.2) is 9.97 Å². The van der Waals surface area contributed by atoms with E-state index in [9.17, 15) is 0 Å². The van der Waals surface area contributed by atoms with Gasteiger partial charge in [0.15, 0.2) is 5.82 Å². The largest absolute Gasteiger partial charge is 0.256 e. The van der Waals surface area contributed by atoms with E-state index in [-0.39, 0.29) is 0 Å². The lowest BCUT2D eigenvalue weighted by Crippen LogP contribution is -1.94. The monoisotopic (exact) mass is 443 g/mol. The van der Waals surface area contributed by atoms with Gasteiger partial charge in [-0.3, -0.25) is 4.98 Å². The fourth-order valence-corrected chi connectivity index (χ4v) is 4.21. The van der Waals surface area contributed by atoms with Gasteiger partial charge < -0.3 is 0 Å². The fraction of sp³-hybridized carbons (Fsp3) is 0.500. The molecule has 0 saturated heterocycles. The van der Waals surface area contributed by atoms with Gasteiger partial charge in [-0.15, -0.1) is 0 Å². The Morgan fingerprint density at radius 2 is 1.00 bits per heavy atom. The highest BCUT2D eigenvalue weighted by Gasteiger charge is 2.05. The van der Waals surface area contributed by atoms with E-state index < -0.39 is 0 Å². The third kappa shape index (κ3) is 8.72. The highest BCUT2D eigenvalue weighted by atomic mass is 14.9.